The van der Waals surface area contributed by atoms with E-state index in [0.717, 1.165) is 17.0 Å². The summed E-state index contributed by atoms with van der Waals surface area (Å²) in [5.41, 5.74) is 1.52. The second-order valence-corrected chi connectivity index (χ2v) is 6.31. The number of methoxy groups -OCH3 is 1. The molecule has 6 heteroatoms. The standard InChI is InChI=1S/C19H22ClFN2O2/c1-4-23(12-14-5-10-18(25-3)17(21)11-14)13(2)19(24)22-16-8-6-15(20)7-9-16/h5-11,13H,4,12H2,1-3H3,(H,22,24)/p+1/t13-/m0/s1. The summed E-state index contributed by atoms with van der Waals surface area (Å²) in [6, 6.07) is 11.6. The zero-order chi connectivity index (χ0) is 18.4. The minimum absolute atomic E-state index is 0.0897. The Balaban J connectivity index is 2.04. The lowest BCUT2D eigenvalue weighted by atomic mass is 10.1. The molecule has 134 valence electrons. The van der Waals surface area contributed by atoms with Crippen LogP contribution in [-0.2, 0) is 11.3 Å². The predicted octanol–water partition coefficient (Wildman–Crippen LogP) is 2.92. The summed E-state index contributed by atoms with van der Waals surface area (Å²) in [5, 5.41) is 3.51. The van der Waals surface area contributed by atoms with Gasteiger partial charge in [-0.15, -0.1) is 0 Å². The molecular weight excluding hydrogens is 343 g/mol. The first-order valence-electron chi connectivity index (χ1n) is 8.18. The lowest BCUT2D eigenvalue weighted by Crippen LogP contribution is -3.15. The predicted molar refractivity (Wildman–Crippen MR) is 97.7 cm³/mol. The summed E-state index contributed by atoms with van der Waals surface area (Å²) >= 11 is 5.85. The van der Waals surface area contributed by atoms with Gasteiger partial charge in [-0.1, -0.05) is 11.6 Å². The Hall–Kier alpha value is -2.11. The van der Waals surface area contributed by atoms with E-state index in [1.807, 2.05) is 19.9 Å². The highest BCUT2D eigenvalue weighted by atomic mass is 35.5. The van der Waals surface area contributed by atoms with Gasteiger partial charge in [-0.25, -0.2) is 4.39 Å². The quantitative estimate of drug-likeness (QED) is 0.792. The summed E-state index contributed by atoms with van der Waals surface area (Å²) in [6.45, 7) is 5.15. The van der Waals surface area contributed by atoms with E-state index in [1.165, 1.54) is 13.2 Å². The van der Waals surface area contributed by atoms with Gasteiger partial charge in [0.05, 0.1) is 13.7 Å². The third-order valence-corrected chi connectivity index (χ3v) is 4.47. The lowest BCUT2D eigenvalue weighted by Gasteiger charge is -2.24. The number of rotatable bonds is 7. The highest BCUT2D eigenvalue weighted by Crippen LogP contribution is 2.17. The second-order valence-electron chi connectivity index (χ2n) is 5.88. The molecule has 0 spiro atoms. The molecule has 1 amide bonds. The van der Waals surface area contributed by atoms with Gasteiger partial charge in [0.1, 0.15) is 6.54 Å². The fraction of sp³-hybridized carbons (Fsp3) is 0.316. The molecule has 0 aliphatic rings. The summed E-state index contributed by atoms with van der Waals surface area (Å²) in [7, 11) is 1.44. The zero-order valence-corrected chi connectivity index (χ0v) is 15.4. The number of carbonyl (C=O) groups excluding carboxylic acids is 1. The fourth-order valence-electron chi connectivity index (χ4n) is 2.64. The number of nitrogens with one attached hydrogen (secondary N) is 2. The van der Waals surface area contributed by atoms with Crippen molar-refractivity contribution in [1.82, 2.24) is 0 Å². The number of hydrogen-bond donors (Lipinski definition) is 2. The van der Waals surface area contributed by atoms with Crippen LogP contribution in [0.25, 0.3) is 0 Å². The van der Waals surface area contributed by atoms with Gasteiger partial charge in [0.25, 0.3) is 5.91 Å². The molecule has 2 aromatic carbocycles. The Labute approximate surface area is 152 Å². The Morgan fingerprint density at radius 2 is 1.96 bits per heavy atom. The average molecular weight is 366 g/mol. The smallest absolute Gasteiger partial charge is 0.282 e. The van der Waals surface area contributed by atoms with E-state index in [-0.39, 0.29) is 17.7 Å². The Bertz CT molecular complexity index is 722. The molecule has 25 heavy (non-hydrogen) atoms. The van der Waals surface area contributed by atoms with Crippen LogP contribution in [0.15, 0.2) is 42.5 Å². The van der Waals surface area contributed by atoms with Crippen molar-refractivity contribution in [3.63, 3.8) is 0 Å². The maximum atomic E-state index is 13.9. The van der Waals surface area contributed by atoms with Gasteiger partial charge in [0.15, 0.2) is 17.6 Å². The van der Waals surface area contributed by atoms with Crippen LogP contribution >= 0.6 is 11.6 Å². The van der Waals surface area contributed by atoms with Gasteiger partial charge in [-0.05, 0) is 56.3 Å². The summed E-state index contributed by atoms with van der Waals surface area (Å²) in [5.74, 6) is -0.266. The Kier molecular flexibility index (Phi) is 6.79. The van der Waals surface area contributed by atoms with Crippen LogP contribution in [0.2, 0.25) is 5.02 Å². The van der Waals surface area contributed by atoms with E-state index >= 15 is 0 Å². The molecule has 0 heterocycles. The molecule has 2 atom stereocenters. The number of carbonyl (C=O) groups is 1. The third-order valence-electron chi connectivity index (χ3n) is 4.22. The normalized spacial score (nSPS) is 13.2. The highest BCUT2D eigenvalue weighted by Gasteiger charge is 2.24. The molecule has 0 radical (unpaired) electrons. The van der Waals surface area contributed by atoms with E-state index in [1.54, 1.807) is 30.3 Å². The molecule has 1 unspecified atom stereocenters. The van der Waals surface area contributed by atoms with Gasteiger partial charge in [0.2, 0.25) is 0 Å². The van der Waals surface area contributed by atoms with Crippen molar-refractivity contribution in [3.8, 4) is 5.75 Å². The number of anilines is 1. The van der Waals surface area contributed by atoms with E-state index in [2.05, 4.69) is 5.32 Å². The maximum absolute atomic E-state index is 13.9. The van der Waals surface area contributed by atoms with E-state index < -0.39 is 5.82 Å². The van der Waals surface area contributed by atoms with Crippen LogP contribution in [0.4, 0.5) is 10.1 Å². The topological polar surface area (TPSA) is 42.8 Å². The van der Waals surface area contributed by atoms with Gasteiger partial charge in [-0.3, -0.25) is 4.79 Å². The van der Waals surface area contributed by atoms with Crippen LogP contribution in [-0.4, -0.2) is 25.6 Å². The van der Waals surface area contributed by atoms with Gasteiger partial charge >= 0.3 is 0 Å². The first-order chi connectivity index (χ1) is 11.9. The molecule has 0 aliphatic carbocycles. The SMILES string of the molecule is CC[NH+](Cc1ccc(OC)c(F)c1)[C@@H](C)C(=O)Nc1ccc(Cl)cc1. The van der Waals surface area contributed by atoms with Crippen LogP contribution < -0.4 is 15.0 Å². The number of amides is 1. The number of hydrogen-bond acceptors (Lipinski definition) is 2. The molecular formula is C19H23ClFN2O2+. The molecule has 0 aliphatic heterocycles. The molecule has 0 saturated heterocycles. The second kappa shape index (κ2) is 8.83. The monoisotopic (exact) mass is 365 g/mol. The molecule has 4 nitrogen and oxygen atoms in total. The average Bonchev–Trinajstić information content (AvgIpc) is 2.61. The molecule has 2 aromatic rings. The van der Waals surface area contributed by atoms with E-state index in [0.29, 0.717) is 17.3 Å². The number of halogens is 2. The van der Waals surface area contributed by atoms with Crippen molar-refractivity contribution in [2.45, 2.75) is 26.4 Å². The van der Waals surface area contributed by atoms with Crippen molar-refractivity contribution in [2.24, 2.45) is 0 Å². The van der Waals surface area contributed by atoms with E-state index in [9.17, 15) is 9.18 Å². The number of quaternary nitrogens is 1. The van der Waals surface area contributed by atoms with Gasteiger partial charge in [-0.2, -0.15) is 0 Å². The number of ether oxygens (including phenoxy) is 1. The largest absolute Gasteiger partial charge is 0.494 e. The van der Waals surface area contributed by atoms with Gasteiger partial charge < -0.3 is 15.0 Å². The van der Waals surface area contributed by atoms with Crippen LogP contribution in [0, 0.1) is 5.82 Å². The minimum atomic E-state index is -0.395. The summed E-state index contributed by atoms with van der Waals surface area (Å²) in [6.07, 6.45) is 0. The minimum Gasteiger partial charge on any atom is -0.494 e. The fourth-order valence-corrected chi connectivity index (χ4v) is 2.76. The van der Waals surface area contributed by atoms with E-state index in [4.69, 9.17) is 16.3 Å². The molecule has 2 rings (SSSR count). The summed E-state index contributed by atoms with van der Waals surface area (Å²) in [4.78, 5) is 13.5. The molecule has 0 fully saturated rings. The Morgan fingerprint density at radius 3 is 2.52 bits per heavy atom. The van der Waals surface area contributed by atoms with Crippen molar-refractivity contribution in [1.29, 1.82) is 0 Å². The molecule has 0 saturated carbocycles. The van der Waals surface area contributed by atoms with Crippen molar-refractivity contribution in [2.75, 3.05) is 19.0 Å². The van der Waals surface area contributed by atoms with Crippen LogP contribution in [0.3, 0.4) is 0 Å². The van der Waals surface area contributed by atoms with Crippen molar-refractivity contribution in [3.05, 3.63) is 58.9 Å². The van der Waals surface area contributed by atoms with Crippen LogP contribution in [0.1, 0.15) is 19.4 Å². The zero-order valence-electron chi connectivity index (χ0n) is 14.6. The molecule has 2 N–H and O–H groups in total. The van der Waals surface area contributed by atoms with Crippen molar-refractivity contribution >= 4 is 23.2 Å². The highest BCUT2D eigenvalue weighted by molar-refractivity contribution is 6.30. The Morgan fingerprint density at radius 1 is 1.28 bits per heavy atom. The maximum Gasteiger partial charge on any atom is 0.282 e. The number of likely N-dealkylation sites (N-methyl/N-ethyl adjacent to an activating group) is 1. The third kappa shape index (κ3) is 5.18. The molecule has 0 bridgehead atoms. The first-order valence-corrected chi connectivity index (χ1v) is 8.55. The van der Waals surface area contributed by atoms with Crippen LogP contribution in [0.5, 0.6) is 5.75 Å². The lowest BCUT2D eigenvalue weighted by molar-refractivity contribution is -0.925. The first kappa shape index (κ1) is 19.2. The summed E-state index contributed by atoms with van der Waals surface area (Å²) < 4.78 is 18.8. The van der Waals surface area contributed by atoms with Crippen molar-refractivity contribution < 1.29 is 18.8 Å². The molecule has 0 aromatic heterocycles. The number of benzene rings is 2. The van der Waals surface area contributed by atoms with Gasteiger partial charge in [0, 0.05) is 16.3 Å².